The molecule has 388 valence electrons. The predicted molar refractivity (Wildman–Crippen MR) is 283 cm³/mol. The minimum absolute atomic E-state index is 0.0493. The van der Waals surface area contributed by atoms with Crippen molar-refractivity contribution in [3.63, 3.8) is 0 Å². The first kappa shape index (κ1) is 58.1. The summed E-state index contributed by atoms with van der Waals surface area (Å²) in [5, 5.41) is 0. The molecular weight excluding hydrogens is 861 g/mol. The summed E-state index contributed by atoms with van der Waals surface area (Å²) in [7, 11) is 1.59. The maximum Gasteiger partial charge on any atom is 0.338 e. The maximum absolute atomic E-state index is 13.0. The van der Waals surface area contributed by atoms with Crippen LogP contribution in [0.25, 0.3) is 5.76 Å². The van der Waals surface area contributed by atoms with Crippen molar-refractivity contribution in [2.75, 3.05) is 33.5 Å². The van der Waals surface area contributed by atoms with E-state index in [9.17, 15) is 14.4 Å². The molecule has 0 aromatic heterocycles. The van der Waals surface area contributed by atoms with Crippen LogP contribution in [-0.4, -0.2) is 63.5 Å². The van der Waals surface area contributed by atoms with Gasteiger partial charge in [-0.25, -0.2) is 9.59 Å². The molecule has 0 spiro atoms. The van der Waals surface area contributed by atoms with E-state index in [0.717, 1.165) is 54.9 Å². The smallest absolute Gasteiger partial charge is 0.338 e. The Bertz CT molecular complexity index is 1720. The number of esters is 2. The number of hydrogen-bond acceptors (Lipinski definition) is 8. The van der Waals surface area contributed by atoms with E-state index >= 15 is 0 Å². The molecular formula is C61H96O8. The molecule has 4 rings (SSSR count). The second-order valence-electron chi connectivity index (χ2n) is 20.8. The molecule has 2 aliphatic rings. The Labute approximate surface area is 420 Å². The quantitative estimate of drug-likeness (QED) is 0.0214. The summed E-state index contributed by atoms with van der Waals surface area (Å²) in [4.78, 5) is 38.0. The number of benzene rings is 2. The van der Waals surface area contributed by atoms with Gasteiger partial charge in [0.25, 0.3) is 0 Å². The van der Waals surface area contributed by atoms with Gasteiger partial charge in [0, 0.05) is 24.7 Å². The zero-order chi connectivity index (χ0) is 49.3. The second kappa shape index (κ2) is 35.6. The molecule has 1 saturated heterocycles. The van der Waals surface area contributed by atoms with Gasteiger partial charge in [0.2, 0.25) is 0 Å². The van der Waals surface area contributed by atoms with Crippen LogP contribution >= 0.6 is 0 Å². The lowest BCUT2D eigenvalue weighted by Gasteiger charge is -2.44. The molecule has 1 aliphatic carbocycles. The van der Waals surface area contributed by atoms with Gasteiger partial charge in [0.1, 0.15) is 25.1 Å². The fraction of sp³-hybridized carbons (Fsp3) is 0.721. The molecule has 1 heterocycles. The first-order chi connectivity index (χ1) is 33.7. The van der Waals surface area contributed by atoms with Crippen LogP contribution in [0, 0.1) is 23.7 Å². The minimum Gasteiger partial charge on any atom is -0.494 e. The monoisotopic (exact) mass is 957 g/mol. The number of Topliss-reactive ketones (excluding diaryl/α,β-unsaturated/α-hetero) is 1. The average molecular weight is 957 g/mol. The van der Waals surface area contributed by atoms with Crippen LogP contribution in [0.2, 0.25) is 0 Å². The molecule has 6 unspecified atom stereocenters. The molecule has 69 heavy (non-hydrogen) atoms. The Morgan fingerprint density at radius 1 is 0.580 bits per heavy atom. The number of ether oxygens (including phenoxy) is 5. The summed E-state index contributed by atoms with van der Waals surface area (Å²) >= 11 is 0. The molecule has 0 N–H and O–H groups in total. The highest BCUT2D eigenvalue weighted by molar-refractivity contribution is 5.99. The van der Waals surface area contributed by atoms with Crippen molar-refractivity contribution in [3.05, 3.63) is 77.4 Å². The van der Waals surface area contributed by atoms with Gasteiger partial charge in [-0.2, -0.15) is 0 Å². The number of ketones is 1. The third-order valence-electron chi connectivity index (χ3n) is 15.2. The largest absolute Gasteiger partial charge is 0.494 e. The highest BCUT2D eigenvalue weighted by Crippen LogP contribution is 2.48. The Morgan fingerprint density at radius 2 is 1.03 bits per heavy atom. The lowest BCUT2D eigenvalue weighted by molar-refractivity contribution is 0.0169. The maximum atomic E-state index is 13.0. The number of carbonyl (C=O) groups excluding carboxylic acids is 3. The van der Waals surface area contributed by atoms with E-state index in [4.69, 9.17) is 23.7 Å². The summed E-state index contributed by atoms with van der Waals surface area (Å²) in [5.41, 5.74) is 2.33. The summed E-state index contributed by atoms with van der Waals surface area (Å²) in [6.07, 6.45) is 38.6. The Kier molecular flexibility index (Phi) is 30.0. The van der Waals surface area contributed by atoms with Gasteiger partial charge < -0.3 is 23.7 Å². The van der Waals surface area contributed by atoms with Crippen LogP contribution in [0.1, 0.15) is 250 Å². The van der Waals surface area contributed by atoms with Gasteiger partial charge in [-0.05, 0) is 93.4 Å². The normalized spacial score (nSPS) is 19.2. The summed E-state index contributed by atoms with van der Waals surface area (Å²) in [6.45, 7) is 12.4. The van der Waals surface area contributed by atoms with Crippen LogP contribution in [0.15, 0.2) is 55.1 Å². The Morgan fingerprint density at radius 3 is 1.57 bits per heavy atom. The van der Waals surface area contributed by atoms with Crippen LogP contribution < -0.4 is 0 Å². The minimum atomic E-state index is -0.421. The predicted octanol–water partition coefficient (Wildman–Crippen LogP) is 16.5. The summed E-state index contributed by atoms with van der Waals surface area (Å²) < 4.78 is 27.1. The lowest BCUT2D eigenvalue weighted by Crippen LogP contribution is -2.35. The Balaban J connectivity index is 1.18. The van der Waals surface area contributed by atoms with Crippen molar-refractivity contribution < 1.29 is 38.1 Å². The van der Waals surface area contributed by atoms with Crippen LogP contribution in [0.4, 0.5) is 0 Å². The van der Waals surface area contributed by atoms with E-state index in [-0.39, 0.29) is 30.6 Å². The highest BCUT2D eigenvalue weighted by Gasteiger charge is 2.38. The number of methoxy groups -OCH3 is 1. The van der Waals surface area contributed by atoms with Crippen molar-refractivity contribution in [1.82, 2.24) is 0 Å². The number of rotatable bonds is 41. The number of epoxide rings is 1. The van der Waals surface area contributed by atoms with Crippen molar-refractivity contribution in [2.24, 2.45) is 23.7 Å². The third-order valence-corrected chi connectivity index (χ3v) is 15.2. The molecule has 6 atom stereocenters. The molecule has 8 nitrogen and oxygen atoms in total. The van der Waals surface area contributed by atoms with Gasteiger partial charge in [0.15, 0.2) is 5.78 Å². The Hall–Kier alpha value is -3.49. The van der Waals surface area contributed by atoms with Gasteiger partial charge in [-0.3, -0.25) is 4.79 Å². The average Bonchev–Trinajstić information content (AvgIpc) is 4.21. The molecule has 2 aromatic carbocycles. The van der Waals surface area contributed by atoms with E-state index in [1.54, 1.807) is 43.5 Å². The fourth-order valence-electron chi connectivity index (χ4n) is 10.8. The number of carbonyl (C=O) groups is 3. The van der Waals surface area contributed by atoms with E-state index in [1.165, 1.54) is 161 Å². The van der Waals surface area contributed by atoms with Gasteiger partial charge in [-0.15, -0.1) is 0 Å². The van der Waals surface area contributed by atoms with Gasteiger partial charge >= 0.3 is 11.9 Å². The summed E-state index contributed by atoms with van der Waals surface area (Å²) in [6, 6.07) is 14.3. The molecule has 2 aromatic rings. The van der Waals surface area contributed by atoms with Crippen molar-refractivity contribution in [3.8, 4) is 0 Å². The summed E-state index contributed by atoms with van der Waals surface area (Å²) in [5.74, 6) is 3.54. The molecule has 2 fully saturated rings. The van der Waals surface area contributed by atoms with Crippen LogP contribution in [0.3, 0.4) is 0 Å². The molecule has 8 heteroatoms. The van der Waals surface area contributed by atoms with E-state index in [1.807, 2.05) is 19.1 Å². The standard InChI is InChI=1S/C61H96O8/c1-6-8-10-17-23-31-50-40-41-51(32-24-18-11-9-7-2)58(38-26-20-15-16-22-28-42-66-49(4)52-33-29-35-54(43-52)61(64)69-47-56-46-67-56)57(50)37-25-19-13-12-14-21-27-39-59(62)53-34-30-36-55(44-53)60(63)68-45-48(3)65-5/h29-30,33-36,43-44,48,50-51,56-58H,4,6-28,31-32,37-42,45-47H2,1-3,5H3. The van der Waals surface area contributed by atoms with Crippen LogP contribution in [0.5, 0.6) is 0 Å². The highest BCUT2D eigenvalue weighted by atomic mass is 16.6. The van der Waals surface area contributed by atoms with E-state index < -0.39 is 5.97 Å². The van der Waals surface area contributed by atoms with Crippen molar-refractivity contribution in [2.45, 2.75) is 226 Å². The SMILES string of the molecule is C=C(OCCCCCCCCC1C(CCCCCCC)CCC(CCCCCCC)C1CCCCCCCCCC(=O)c1cccc(C(=O)OCC(C)OC)c1)c1cccc(C(=O)OCC2CO2)c1. The van der Waals surface area contributed by atoms with Crippen molar-refractivity contribution in [1.29, 1.82) is 0 Å². The zero-order valence-corrected chi connectivity index (χ0v) is 44.1. The first-order valence-electron chi connectivity index (χ1n) is 28.3. The van der Waals surface area contributed by atoms with Gasteiger partial charge in [-0.1, -0.05) is 192 Å². The van der Waals surface area contributed by atoms with Crippen molar-refractivity contribution >= 4 is 23.5 Å². The third kappa shape index (κ3) is 24.0. The molecule has 1 aliphatic heterocycles. The van der Waals surface area contributed by atoms with E-state index in [0.29, 0.717) is 48.7 Å². The molecule has 0 bridgehead atoms. The zero-order valence-electron chi connectivity index (χ0n) is 44.1. The molecule has 0 radical (unpaired) electrons. The fourth-order valence-corrected chi connectivity index (χ4v) is 10.8. The number of hydrogen-bond donors (Lipinski definition) is 0. The number of unbranched alkanes of at least 4 members (excludes halogenated alkanes) is 19. The van der Waals surface area contributed by atoms with Crippen LogP contribution in [-0.2, 0) is 23.7 Å². The van der Waals surface area contributed by atoms with Gasteiger partial charge in [0.05, 0.1) is 30.4 Å². The first-order valence-corrected chi connectivity index (χ1v) is 28.3. The molecule has 1 saturated carbocycles. The second-order valence-corrected chi connectivity index (χ2v) is 20.8. The topological polar surface area (TPSA) is 101 Å². The van der Waals surface area contributed by atoms with E-state index in [2.05, 4.69) is 20.4 Å². The lowest BCUT2D eigenvalue weighted by atomic mass is 9.61. The molecule has 0 amide bonds.